The fourth-order valence-corrected chi connectivity index (χ4v) is 1.08. The number of hydrogen-bond donors (Lipinski definition) is 0. The molecule has 0 fully saturated rings. The Morgan fingerprint density at radius 2 is 1.50 bits per heavy atom. The highest BCUT2D eigenvalue weighted by Crippen LogP contribution is 2.36. The molecule has 1 rings (SSSR count). The van der Waals surface area contributed by atoms with Crippen molar-refractivity contribution in [2.75, 3.05) is 0 Å². The third-order valence-electron chi connectivity index (χ3n) is 1.81. The lowest BCUT2D eigenvalue weighted by molar-refractivity contribution is -0.143. The van der Waals surface area contributed by atoms with Crippen molar-refractivity contribution in [1.82, 2.24) is 0 Å². The maximum Gasteiger partial charge on any atom is 0.417 e. The molecule has 86 valence electrons. The van der Waals surface area contributed by atoms with Crippen LogP contribution in [0.2, 0.25) is 0 Å². The molecule has 0 aliphatic rings. The Bertz CT molecular complexity index is 432. The van der Waals surface area contributed by atoms with Crippen LogP contribution in [0.25, 0.3) is 0 Å². The van der Waals surface area contributed by atoms with Gasteiger partial charge < -0.3 is 0 Å². The fraction of sp³-hybridized carbons (Fsp3) is 0.200. The molecule has 0 unspecified atom stereocenters. The van der Waals surface area contributed by atoms with Crippen LogP contribution in [0.3, 0.4) is 0 Å². The van der Waals surface area contributed by atoms with E-state index in [-0.39, 0.29) is 6.07 Å². The molecule has 6 heteroatoms. The Morgan fingerprint density at radius 3 is 1.88 bits per heavy atom. The molecule has 0 amide bonds. The minimum atomic E-state index is -4.90. The van der Waals surface area contributed by atoms with Gasteiger partial charge >= 0.3 is 12.4 Å². The molecule has 16 heavy (non-hydrogen) atoms. The van der Waals surface area contributed by atoms with Gasteiger partial charge in [0.05, 0.1) is 11.1 Å². The van der Waals surface area contributed by atoms with Gasteiger partial charge in [-0.2, -0.15) is 26.3 Å². The maximum absolute atomic E-state index is 12.3. The van der Waals surface area contributed by atoms with Gasteiger partial charge in [0.1, 0.15) is 0 Å². The number of terminal acetylenes is 1. The first-order valence-electron chi connectivity index (χ1n) is 3.91. The molecule has 1 aromatic rings. The van der Waals surface area contributed by atoms with Crippen LogP contribution >= 0.6 is 0 Å². The predicted molar refractivity (Wildman–Crippen MR) is 44.4 cm³/mol. The number of alkyl halides is 6. The predicted octanol–water partition coefficient (Wildman–Crippen LogP) is 3.71. The summed E-state index contributed by atoms with van der Waals surface area (Å²) >= 11 is 0. The average molecular weight is 238 g/mol. The third-order valence-corrected chi connectivity index (χ3v) is 1.81. The summed E-state index contributed by atoms with van der Waals surface area (Å²) in [6, 6.07) is 1.16. The zero-order chi connectivity index (χ0) is 12.6. The second kappa shape index (κ2) is 3.74. The first kappa shape index (κ1) is 12.4. The van der Waals surface area contributed by atoms with E-state index in [0.29, 0.717) is 12.1 Å². The molecule has 0 saturated heterocycles. The largest absolute Gasteiger partial charge is 0.417 e. The second-order valence-electron chi connectivity index (χ2n) is 2.90. The van der Waals surface area contributed by atoms with Crippen LogP contribution in [-0.2, 0) is 12.4 Å². The monoisotopic (exact) mass is 238 g/mol. The van der Waals surface area contributed by atoms with Crippen LogP contribution in [0.5, 0.6) is 0 Å². The topological polar surface area (TPSA) is 0 Å². The van der Waals surface area contributed by atoms with E-state index in [2.05, 4.69) is 0 Å². The minimum Gasteiger partial charge on any atom is -0.166 e. The van der Waals surface area contributed by atoms with Gasteiger partial charge in [-0.25, -0.2) is 0 Å². The van der Waals surface area contributed by atoms with E-state index in [0.717, 1.165) is 0 Å². The zero-order valence-corrected chi connectivity index (χ0v) is 7.58. The summed E-state index contributed by atoms with van der Waals surface area (Å²) in [7, 11) is 0. The molecule has 0 nitrogen and oxygen atoms in total. The van der Waals surface area contributed by atoms with Crippen LogP contribution in [0.1, 0.15) is 16.7 Å². The van der Waals surface area contributed by atoms with Gasteiger partial charge in [0.2, 0.25) is 0 Å². The molecule has 0 atom stereocenters. The van der Waals surface area contributed by atoms with Gasteiger partial charge in [0, 0.05) is 5.56 Å². The zero-order valence-electron chi connectivity index (χ0n) is 7.58. The lowest BCUT2D eigenvalue weighted by Gasteiger charge is -2.12. The van der Waals surface area contributed by atoms with E-state index < -0.39 is 29.0 Å². The molecule has 0 radical (unpaired) electrons. The summed E-state index contributed by atoms with van der Waals surface area (Å²) < 4.78 is 73.5. The van der Waals surface area contributed by atoms with Crippen molar-refractivity contribution in [2.24, 2.45) is 0 Å². The smallest absolute Gasteiger partial charge is 0.166 e. The van der Waals surface area contributed by atoms with Crippen molar-refractivity contribution in [2.45, 2.75) is 12.4 Å². The summed E-state index contributed by atoms with van der Waals surface area (Å²) in [6.45, 7) is 0. The van der Waals surface area contributed by atoms with E-state index in [1.165, 1.54) is 0 Å². The highest BCUT2D eigenvalue weighted by atomic mass is 19.4. The first-order chi connectivity index (χ1) is 7.16. The third kappa shape index (κ3) is 2.48. The van der Waals surface area contributed by atoms with Gasteiger partial charge in [-0.1, -0.05) is 5.92 Å². The van der Waals surface area contributed by atoms with Crippen molar-refractivity contribution in [1.29, 1.82) is 0 Å². The van der Waals surface area contributed by atoms with E-state index in [1.54, 1.807) is 5.92 Å². The lowest BCUT2D eigenvalue weighted by Crippen LogP contribution is -2.12. The van der Waals surface area contributed by atoms with Crippen molar-refractivity contribution in [3.63, 3.8) is 0 Å². The standard InChI is InChI=1S/C10H4F6/c1-2-6-3-4-7(9(11,12)13)5-8(6)10(14,15)16/h1,3-5H. The molecular weight excluding hydrogens is 234 g/mol. The molecule has 0 aromatic heterocycles. The number of halogens is 6. The minimum absolute atomic E-state index is 0.00912. The fourth-order valence-electron chi connectivity index (χ4n) is 1.08. The Balaban J connectivity index is 3.41. The number of benzene rings is 1. The summed E-state index contributed by atoms with van der Waals surface area (Å²) in [4.78, 5) is 0. The molecule has 0 spiro atoms. The van der Waals surface area contributed by atoms with E-state index in [4.69, 9.17) is 6.42 Å². The number of hydrogen-bond acceptors (Lipinski definition) is 0. The molecule has 1 aromatic carbocycles. The maximum atomic E-state index is 12.3. The van der Waals surface area contributed by atoms with E-state index >= 15 is 0 Å². The van der Waals surface area contributed by atoms with Crippen LogP contribution in [0.4, 0.5) is 26.3 Å². The average Bonchev–Trinajstić information content (AvgIpc) is 2.14. The highest BCUT2D eigenvalue weighted by molar-refractivity contribution is 5.44. The Morgan fingerprint density at radius 1 is 0.938 bits per heavy atom. The van der Waals surface area contributed by atoms with Crippen molar-refractivity contribution < 1.29 is 26.3 Å². The normalized spacial score (nSPS) is 12.3. The van der Waals surface area contributed by atoms with E-state index in [9.17, 15) is 26.3 Å². The Hall–Kier alpha value is -1.64. The van der Waals surface area contributed by atoms with Crippen LogP contribution in [0, 0.1) is 12.3 Å². The van der Waals surface area contributed by atoms with Gasteiger partial charge in [-0.3, -0.25) is 0 Å². The lowest BCUT2D eigenvalue weighted by atomic mass is 10.0. The molecule has 0 bridgehead atoms. The molecule has 0 heterocycles. The SMILES string of the molecule is C#Cc1ccc(C(F)(F)F)cc1C(F)(F)F. The summed E-state index contributed by atoms with van der Waals surface area (Å²) in [6.07, 6.45) is -4.95. The molecule has 0 saturated carbocycles. The van der Waals surface area contributed by atoms with Gasteiger partial charge in [0.15, 0.2) is 0 Å². The van der Waals surface area contributed by atoms with Crippen LogP contribution in [0.15, 0.2) is 18.2 Å². The van der Waals surface area contributed by atoms with Gasteiger partial charge in [0.25, 0.3) is 0 Å². The molecular formula is C10H4F6. The summed E-state index contributed by atoms with van der Waals surface area (Å²) in [5.41, 5.74) is -3.44. The summed E-state index contributed by atoms with van der Waals surface area (Å²) in [5, 5.41) is 0. The Labute approximate surface area is 86.9 Å². The quantitative estimate of drug-likeness (QED) is 0.477. The Kier molecular flexibility index (Phi) is 2.91. The van der Waals surface area contributed by atoms with Crippen LogP contribution in [-0.4, -0.2) is 0 Å². The van der Waals surface area contributed by atoms with E-state index in [1.807, 2.05) is 0 Å². The first-order valence-corrected chi connectivity index (χ1v) is 3.91. The molecule has 0 aliphatic heterocycles. The van der Waals surface area contributed by atoms with Crippen molar-refractivity contribution in [3.05, 3.63) is 34.9 Å². The molecule has 0 N–H and O–H groups in total. The van der Waals surface area contributed by atoms with Crippen molar-refractivity contribution in [3.8, 4) is 12.3 Å². The van der Waals surface area contributed by atoms with Crippen molar-refractivity contribution >= 4 is 0 Å². The van der Waals surface area contributed by atoms with Gasteiger partial charge in [-0.15, -0.1) is 6.42 Å². The number of rotatable bonds is 0. The molecule has 0 aliphatic carbocycles. The van der Waals surface area contributed by atoms with Crippen LogP contribution < -0.4 is 0 Å². The summed E-state index contributed by atoms with van der Waals surface area (Å²) in [5.74, 6) is 1.69. The second-order valence-corrected chi connectivity index (χ2v) is 2.90. The highest BCUT2D eigenvalue weighted by Gasteiger charge is 2.37. The van der Waals surface area contributed by atoms with Gasteiger partial charge in [-0.05, 0) is 18.2 Å².